The van der Waals surface area contributed by atoms with Crippen LogP contribution in [0, 0.1) is 15.9 Å². The van der Waals surface area contributed by atoms with Gasteiger partial charge in [0.1, 0.15) is 0 Å². The van der Waals surface area contributed by atoms with E-state index in [1.807, 2.05) is 0 Å². The van der Waals surface area contributed by atoms with Crippen molar-refractivity contribution in [1.82, 2.24) is 4.90 Å². The van der Waals surface area contributed by atoms with Crippen molar-refractivity contribution in [3.63, 3.8) is 0 Å². The van der Waals surface area contributed by atoms with Crippen molar-refractivity contribution >= 4 is 5.69 Å². The summed E-state index contributed by atoms with van der Waals surface area (Å²) in [5.74, 6) is -0.748. The molecule has 1 unspecified atom stereocenters. The van der Waals surface area contributed by atoms with Crippen molar-refractivity contribution in [3.05, 3.63) is 39.7 Å². The highest BCUT2D eigenvalue weighted by atomic mass is 19.1. The normalized spacial score (nSPS) is 19.8. The zero-order valence-corrected chi connectivity index (χ0v) is 10.6. The Morgan fingerprint density at radius 1 is 1.53 bits per heavy atom. The number of benzene rings is 1. The van der Waals surface area contributed by atoms with Crippen molar-refractivity contribution in [3.8, 4) is 0 Å². The summed E-state index contributed by atoms with van der Waals surface area (Å²) in [6.45, 7) is 1.31. The van der Waals surface area contributed by atoms with E-state index in [4.69, 9.17) is 5.11 Å². The van der Waals surface area contributed by atoms with Gasteiger partial charge in [-0.05, 0) is 25.8 Å². The zero-order chi connectivity index (χ0) is 13.8. The molecule has 1 atom stereocenters. The maximum Gasteiger partial charge on any atom is 0.305 e. The first-order valence-electron chi connectivity index (χ1n) is 6.40. The Morgan fingerprint density at radius 3 is 3.00 bits per heavy atom. The van der Waals surface area contributed by atoms with Crippen LogP contribution in [-0.2, 0) is 6.54 Å². The lowest BCUT2D eigenvalue weighted by Gasteiger charge is -2.23. The minimum absolute atomic E-state index is 0.110. The highest BCUT2D eigenvalue weighted by Gasteiger charge is 2.26. The summed E-state index contributed by atoms with van der Waals surface area (Å²) >= 11 is 0. The summed E-state index contributed by atoms with van der Waals surface area (Å²) in [6.07, 6.45) is 2.66. The van der Waals surface area contributed by atoms with Crippen molar-refractivity contribution in [2.45, 2.75) is 31.8 Å². The molecule has 1 aliphatic heterocycles. The van der Waals surface area contributed by atoms with E-state index in [0.29, 0.717) is 18.5 Å². The SMILES string of the molecule is O=[N+]([O-])c1cccc(CN2CCCC2CCO)c1F. The smallest absolute Gasteiger partial charge is 0.305 e. The van der Waals surface area contributed by atoms with Gasteiger partial charge in [0.2, 0.25) is 5.82 Å². The summed E-state index contributed by atoms with van der Waals surface area (Å²) in [6, 6.07) is 4.50. The van der Waals surface area contributed by atoms with Crippen LogP contribution < -0.4 is 0 Å². The van der Waals surface area contributed by atoms with Gasteiger partial charge >= 0.3 is 5.69 Å². The van der Waals surface area contributed by atoms with Gasteiger partial charge in [0.15, 0.2) is 0 Å². The van der Waals surface area contributed by atoms with E-state index in [0.717, 1.165) is 19.4 Å². The lowest BCUT2D eigenvalue weighted by molar-refractivity contribution is -0.387. The molecule has 1 heterocycles. The highest BCUT2D eigenvalue weighted by Crippen LogP contribution is 2.26. The van der Waals surface area contributed by atoms with E-state index in [1.165, 1.54) is 12.1 Å². The third-order valence-electron chi connectivity index (χ3n) is 3.59. The molecule has 0 aromatic heterocycles. The molecular weight excluding hydrogens is 251 g/mol. The Labute approximate surface area is 110 Å². The molecule has 0 aliphatic carbocycles. The lowest BCUT2D eigenvalue weighted by atomic mass is 10.1. The van der Waals surface area contributed by atoms with Crippen LogP contribution in [0.4, 0.5) is 10.1 Å². The maximum atomic E-state index is 14.0. The van der Waals surface area contributed by atoms with Crippen molar-refractivity contribution in [2.24, 2.45) is 0 Å². The molecule has 0 amide bonds. The van der Waals surface area contributed by atoms with Crippen LogP contribution in [0.1, 0.15) is 24.8 Å². The molecule has 6 heteroatoms. The Hall–Kier alpha value is -1.53. The third kappa shape index (κ3) is 3.08. The number of hydrogen-bond donors (Lipinski definition) is 1. The average Bonchev–Trinajstić information content (AvgIpc) is 2.79. The molecule has 0 radical (unpaired) electrons. The number of likely N-dealkylation sites (tertiary alicyclic amines) is 1. The van der Waals surface area contributed by atoms with E-state index in [-0.39, 0.29) is 12.6 Å². The molecule has 0 saturated carbocycles. The predicted molar refractivity (Wildman–Crippen MR) is 68.2 cm³/mol. The first kappa shape index (κ1) is 13.9. The molecule has 19 heavy (non-hydrogen) atoms. The van der Waals surface area contributed by atoms with Crippen molar-refractivity contribution in [1.29, 1.82) is 0 Å². The van der Waals surface area contributed by atoms with Gasteiger partial charge in [0, 0.05) is 30.8 Å². The van der Waals surface area contributed by atoms with Gasteiger partial charge in [0.05, 0.1) is 4.92 Å². The van der Waals surface area contributed by atoms with Crippen LogP contribution in [0.2, 0.25) is 0 Å². The maximum absolute atomic E-state index is 14.0. The highest BCUT2D eigenvalue weighted by molar-refractivity contribution is 5.36. The number of nitrogens with zero attached hydrogens (tertiary/aromatic N) is 2. The summed E-state index contributed by atoms with van der Waals surface area (Å²) in [7, 11) is 0. The van der Waals surface area contributed by atoms with Gasteiger partial charge in [-0.2, -0.15) is 4.39 Å². The zero-order valence-electron chi connectivity index (χ0n) is 10.6. The number of aliphatic hydroxyl groups excluding tert-OH is 1. The predicted octanol–water partition coefficient (Wildman–Crippen LogP) is 2.08. The molecule has 0 bridgehead atoms. The molecule has 104 valence electrons. The Morgan fingerprint density at radius 2 is 2.32 bits per heavy atom. The standard InChI is InChI=1S/C13H17FN2O3/c14-13-10(3-1-5-12(13)16(18)19)9-15-7-2-4-11(15)6-8-17/h1,3,5,11,17H,2,4,6-9H2. The van der Waals surface area contributed by atoms with Gasteiger partial charge in [0.25, 0.3) is 0 Å². The Kier molecular flexibility index (Phi) is 4.44. The van der Waals surface area contributed by atoms with Crippen LogP contribution in [0.3, 0.4) is 0 Å². The second-order valence-corrected chi connectivity index (χ2v) is 4.79. The fraction of sp³-hybridized carbons (Fsp3) is 0.538. The van der Waals surface area contributed by atoms with Crippen LogP contribution in [0.25, 0.3) is 0 Å². The van der Waals surface area contributed by atoms with E-state index in [2.05, 4.69) is 4.90 Å². The van der Waals surface area contributed by atoms with Crippen LogP contribution >= 0.6 is 0 Å². The monoisotopic (exact) mass is 268 g/mol. The van der Waals surface area contributed by atoms with E-state index >= 15 is 0 Å². The van der Waals surface area contributed by atoms with Gasteiger partial charge in [-0.1, -0.05) is 12.1 Å². The summed E-state index contributed by atoms with van der Waals surface area (Å²) in [5, 5.41) is 19.7. The number of halogens is 1. The fourth-order valence-electron chi connectivity index (χ4n) is 2.63. The molecule has 1 aromatic rings. The quantitative estimate of drug-likeness (QED) is 0.656. The topological polar surface area (TPSA) is 66.6 Å². The molecule has 1 saturated heterocycles. The van der Waals surface area contributed by atoms with Gasteiger partial charge < -0.3 is 5.11 Å². The van der Waals surface area contributed by atoms with Gasteiger partial charge in [-0.15, -0.1) is 0 Å². The Bertz CT molecular complexity index is 467. The number of rotatable bonds is 5. The molecule has 0 spiro atoms. The molecule has 1 fully saturated rings. The first-order valence-corrected chi connectivity index (χ1v) is 6.40. The number of nitro benzene ring substituents is 1. The van der Waals surface area contributed by atoms with Gasteiger partial charge in [-0.3, -0.25) is 15.0 Å². The average molecular weight is 268 g/mol. The summed E-state index contributed by atoms with van der Waals surface area (Å²) in [5.41, 5.74) is -0.130. The van der Waals surface area contributed by atoms with Crippen LogP contribution in [0.5, 0.6) is 0 Å². The second-order valence-electron chi connectivity index (χ2n) is 4.79. The number of nitro groups is 1. The largest absolute Gasteiger partial charge is 0.396 e. The molecule has 5 nitrogen and oxygen atoms in total. The molecular formula is C13H17FN2O3. The number of aliphatic hydroxyl groups is 1. The van der Waals surface area contributed by atoms with Gasteiger partial charge in [-0.25, -0.2) is 0 Å². The van der Waals surface area contributed by atoms with Crippen LogP contribution in [-0.4, -0.2) is 34.1 Å². The van der Waals surface area contributed by atoms with Crippen molar-refractivity contribution < 1.29 is 14.4 Å². The van der Waals surface area contributed by atoms with E-state index in [1.54, 1.807) is 6.07 Å². The molecule has 1 aliphatic rings. The Balaban J connectivity index is 2.15. The molecule has 2 rings (SSSR count). The molecule has 1 N–H and O–H groups in total. The number of hydrogen-bond acceptors (Lipinski definition) is 4. The van der Waals surface area contributed by atoms with Crippen molar-refractivity contribution in [2.75, 3.05) is 13.2 Å². The second kappa shape index (κ2) is 6.08. The minimum atomic E-state index is -0.748. The van der Waals surface area contributed by atoms with E-state index < -0.39 is 16.4 Å². The summed E-state index contributed by atoms with van der Waals surface area (Å²) < 4.78 is 14.0. The first-order chi connectivity index (χ1) is 9.13. The fourth-order valence-corrected chi connectivity index (χ4v) is 2.63. The lowest BCUT2D eigenvalue weighted by Crippen LogP contribution is -2.30. The van der Waals surface area contributed by atoms with E-state index in [9.17, 15) is 14.5 Å². The minimum Gasteiger partial charge on any atom is -0.396 e. The summed E-state index contributed by atoms with van der Waals surface area (Å²) in [4.78, 5) is 12.1. The van der Waals surface area contributed by atoms with Crippen LogP contribution in [0.15, 0.2) is 18.2 Å². The third-order valence-corrected chi connectivity index (χ3v) is 3.59. The molecule has 1 aromatic carbocycles.